The molecule has 100 valence electrons. The van der Waals surface area contributed by atoms with E-state index in [4.69, 9.17) is 16.0 Å². The molecule has 1 aromatic heterocycles. The maximum Gasteiger partial charge on any atom is 0.193 e. The lowest BCUT2D eigenvalue weighted by Gasteiger charge is -2.20. The van der Waals surface area contributed by atoms with Gasteiger partial charge in [0.1, 0.15) is 5.76 Å². The molecule has 1 aliphatic carbocycles. The summed E-state index contributed by atoms with van der Waals surface area (Å²) in [5.74, 6) is 0.864. The van der Waals surface area contributed by atoms with Crippen molar-refractivity contribution in [3.05, 3.63) is 58.0 Å². The molecular formula is C16H18ClNO. The monoisotopic (exact) mass is 275 g/mol. The van der Waals surface area contributed by atoms with Gasteiger partial charge < -0.3 is 9.73 Å². The van der Waals surface area contributed by atoms with Gasteiger partial charge in [-0.15, -0.1) is 0 Å². The fourth-order valence-electron chi connectivity index (χ4n) is 2.89. The number of rotatable bonds is 3. The van der Waals surface area contributed by atoms with Gasteiger partial charge in [0.15, 0.2) is 5.22 Å². The zero-order chi connectivity index (χ0) is 13.2. The van der Waals surface area contributed by atoms with E-state index in [1.807, 2.05) is 13.1 Å². The molecule has 3 heteroatoms. The molecule has 0 radical (unpaired) electrons. The highest BCUT2D eigenvalue weighted by atomic mass is 35.5. The van der Waals surface area contributed by atoms with Crippen LogP contribution in [0.25, 0.3) is 0 Å². The summed E-state index contributed by atoms with van der Waals surface area (Å²) in [6.07, 6.45) is 5.02. The second kappa shape index (κ2) is 5.40. The molecular weight excluding hydrogens is 258 g/mol. The average molecular weight is 276 g/mol. The van der Waals surface area contributed by atoms with Crippen LogP contribution in [0.4, 0.5) is 0 Å². The lowest BCUT2D eigenvalue weighted by atomic mass is 9.89. The Morgan fingerprint density at radius 1 is 1.11 bits per heavy atom. The molecule has 19 heavy (non-hydrogen) atoms. The fourth-order valence-corrected chi connectivity index (χ4v) is 3.04. The van der Waals surface area contributed by atoms with Crippen molar-refractivity contribution >= 4 is 11.6 Å². The molecule has 2 aromatic rings. The van der Waals surface area contributed by atoms with Gasteiger partial charge in [-0.1, -0.05) is 18.2 Å². The maximum atomic E-state index is 5.87. The Balaban J connectivity index is 1.95. The van der Waals surface area contributed by atoms with Crippen LogP contribution in [0.2, 0.25) is 5.22 Å². The van der Waals surface area contributed by atoms with Crippen LogP contribution in [0, 0.1) is 0 Å². The quantitative estimate of drug-likeness (QED) is 0.911. The van der Waals surface area contributed by atoms with Gasteiger partial charge in [-0.25, -0.2) is 0 Å². The van der Waals surface area contributed by atoms with Crippen LogP contribution in [0.5, 0.6) is 0 Å². The number of aryl methyl sites for hydroxylation is 2. The van der Waals surface area contributed by atoms with Crippen molar-refractivity contribution in [3.63, 3.8) is 0 Å². The van der Waals surface area contributed by atoms with E-state index in [9.17, 15) is 0 Å². The molecule has 0 amide bonds. The van der Waals surface area contributed by atoms with Crippen LogP contribution in [-0.2, 0) is 12.8 Å². The number of fused-ring (bicyclic) bond motifs is 1. The molecule has 0 bridgehead atoms. The molecule has 2 nitrogen and oxygen atoms in total. The maximum absolute atomic E-state index is 5.87. The first-order chi connectivity index (χ1) is 9.28. The van der Waals surface area contributed by atoms with Crippen molar-refractivity contribution in [1.82, 2.24) is 5.32 Å². The van der Waals surface area contributed by atoms with Crippen LogP contribution < -0.4 is 5.32 Å². The predicted octanol–water partition coefficient (Wildman–Crippen LogP) is 4.12. The minimum absolute atomic E-state index is 0.0692. The van der Waals surface area contributed by atoms with Crippen LogP contribution >= 0.6 is 11.6 Å². The van der Waals surface area contributed by atoms with Gasteiger partial charge in [-0.05, 0) is 73.2 Å². The van der Waals surface area contributed by atoms with Crippen molar-refractivity contribution in [2.24, 2.45) is 0 Å². The molecule has 0 saturated carbocycles. The number of nitrogens with one attached hydrogen (secondary N) is 1. The molecule has 1 aromatic carbocycles. The van der Waals surface area contributed by atoms with E-state index in [0.717, 1.165) is 5.76 Å². The van der Waals surface area contributed by atoms with E-state index in [0.29, 0.717) is 5.22 Å². The summed E-state index contributed by atoms with van der Waals surface area (Å²) in [5.41, 5.74) is 4.23. The summed E-state index contributed by atoms with van der Waals surface area (Å²) in [5, 5.41) is 3.74. The average Bonchev–Trinajstić information content (AvgIpc) is 2.86. The zero-order valence-corrected chi connectivity index (χ0v) is 11.8. The molecule has 0 spiro atoms. The molecule has 1 N–H and O–H groups in total. The summed E-state index contributed by atoms with van der Waals surface area (Å²) in [6.45, 7) is 0. The van der Waals surface area contributed by atoms with Gasteiger partial charge in [0, 0.05) is 0 Å². The third-order valence-electron chi connectivity index (χ3n) is 3.87. The highest BCUT2D eigenvalue weighted by molar-refractivity contribution is 6.28. The minimum Gasteiger partial charge on any atom is -0.448 e. The summed E-state index contributed by atoms with van der Waals surface area (Å²) in [6, 6.07) is 10.6. The molecule has 1 heterocycles. The topological polar surface area (TPSA) is 25.2 Å². The Labute approximate surface area is 118 Å². The van der Waals surface area contributed by atoms with Gasteiger partial charge in [-0.3, -0.25) is 0 Å². The summed E-state index contributed by atoms with van der Waals surface area (Å²) in [7, 11) is 1.94. The normalized spacial score (nSPS) is 16.1. The van der Waals surface area contributed by atoms with Crippen molar-refractivity contribution in [3.8, 4) is 0 Å². The third kappa shape index (κ3) is 2.56. The van der Waals surface area contributed by atoms with E-state index < -0.39 is 0 Å². The molecule has 0 saturated heterocycles. The largest absolute Gasteiger partial charge is 0.448 e. The fraction of sp³-hybridized carbons (Fsp3) is 0.375. The predicted molar refractivity (Wildman–Crippen MR) is 77.7 cm³/mol. The Bertz CT molecular complexity index is 576. The second-order valence-electron chi connectivity index (χ2n) is 5.10. The van der Waals surface area contributed by atoms with Gasteiger partial charge in [0.25, 0.3) is 0 Å². The first-order valence-corrected chi connectivity index (χ1v) is 7.20. The van der Waals surface area contributed by atoms with Crippen LogP contribution in [0.15, 0.2) is 34.7 Å². The molecule has 1 aliphatic rings. The molecule has 1 unspecified atom stereocenters. The second-order valence-corrected chi connectivity index (χ2v) is 5.47. The van der Waals surface area contributed by atoms with E-state index in [2.05, 4.69) is 23.5 Å². The standard InChI is InChI=1S/C16H18ClNO/c1-18-16(14-8-9-15(17)19-14)13-7-6-11-4-2-3-5-12(11)10-13/h6-10,16,18H,2-5H2,1H3. The molecule has 0 fully saturated rings. The number of furan rings is 1. The highest BCUT2D eigenvalue weighted by Crippen LogP contribution is 2.29. The van der Waals surface area contributed by atoms with Crippen LogP contribution in [-0.4, -0.2) is 7.05 Å². The number of benzene rings is 1. The lowest BCUT2D eigenvalue weighted by Crippen LogP contribution is -2.17. The first kappa shape index (κ1) is 12.8. The number of hydrogen-bond donors (Lipinski definition) is 1. The molecule has 1 atom stereocenters. The Morgan fingerprint density at radius 3 is 2.58 bits per heavy atom. The van der Waals surface area contributed by atoms with Gasteiger partial charge in [0.2, 0.25) is 0 Å². The van der Waals surface area contributed by atoms with Crippen molar-refractivity contribution < 1.29 is 4.42 Å². The highest BCUT2D eigenvalue weighted by Gasteiger charge is 2.18. The van der Waals surface area contributed by atoms with E-state index >= 15 is 0 Å². The SMILES string of the molecule is CNC(c1ccc2c(c1)CCCC2)c1ccc(Cl)o1. The summed E-state index contributed by atoms with van der Waals surface area (Å²) >= 11 is 5.87. The van der Waals surface area contributed by atoms with Crippen molar-refractivity contribution in [2.45, 2.75) is 31.7 Å². The van der Waals surface area contributed by atoms with E-state index in [-0.39, 0.29) is 6.04 Å². The first-order valence-electron chi connectivity index (χ1n) is 6.82. The van der Waals surface area contributed by atoms with Crippen molar-refractivity contribution in [2.75, 3.05) is 7.05 Å². The molecule has 3 rings (SSSR count). The van der Waals surface area contributed by atoms with Gasteiger partial charge in [-0.2, -0.15) is 0 Å². The summed E-state index contributed by atoms with van der Waals surface area (Å²) in [4.78, 5) is 0. The van der Waals surface area contributed by atoms with Crippen LogP contribution in [0.3, 0.4) is 0 Å². The van der Waals surface area contributed by atoms with Gasteiger partial charge >= 0.3 is 0 Å². The van der Waals surface area contributed by atoms with E-state index in [1.54, 1.807) is 6.07 Å². The Morgan fingerprint density at radius 2 is 1.89 bits per heavy atom. The molecule has 0 aliphatic heterocycles. The Hall–Kier alpha value is -1.25. The van der Waals surface area contributed by atoms with Crippen LogP contribution in [0.1, 0.15) is 41.3 Å². The number of hydrogen-bond acceptors (Lipinski definition) is 2. The Kier molecular flexibility index (Phi) is 3.63. The van der Waals surface area contributed by atoms with Crippen molar-refractivity contribution in [1.29, 1.82) is 0 Å². The summed E-state index contributed by atoms with van der Waals surface area (Å²) < 4.78 is 5.54. The van der Waals surface area contributed by atoms with Gasteiger partial charge in [0.05, 0.1) is 6.04 Å². The third-order valence-corrected chi connectivity index (χ3v) is 4.08. The minimum atomic E-state index is 0.0692. The smallest absolute Gasteiger partial charge is 0.193 e. The number of halogens is 1. The lowest BCUT2D eigenvalue weighted by molar-refractivity contribution is 0.464. The van der Waals surface area contributed by atoms with E-state index in [1.165, 1.54) is 42.4 Å². The zero-order valence-electron chi connectivity index (χ0n) is 11.1.